The Kier molecular flexibility index (Phi) is 4.80. The lowest BCUT2D eigenvalue weighted by Crippen LogP contribution is -2.49. The van der Waals surface area contributed by atoms with Crippen LogP contribution in [0.15, 0.2) is 12.1 Å². The molecular formula is C12H12Cl2N2O4. The predicted molar refractivity (Wildman–Crippen MR) is 71.9 cm³/mol. The zero-order valence-corrected chi connectivity index (χ0v) is 12.1. The Bertz CT molecular complexity index is 538. The van der Waals surface area contributed by atoms with E-state index in [1.165, 1.54) is 24.1 Å². The number of aromatic nitrogens is 1. The molecule has 1 aromatic heterocycles. The van der Waals surface area contributed by atoms with Gasteiger partial charge in [-0.2, -0.15) is 0 Å². The largest absolute Gasteiger partial charge is 0.467 e. The van der Waals surface area contributed by atoms with Gasteiger partial charge in [0.1, 0.15) is 10.8 Å². The average Bonchev–Trinajstić information content (AvgIpc) is 2.48. The van der Waals surface area contributed by atoms with Crippen LogP contribution >= 0.6 is 23.2 Å². The maximum absolute atomic E-state index is 12.3. The van der Waals surface area contributed by atoms with E-state index in [-0.39, 0.29) is 29.0 Å². The number of carbonyl (C=O) groups is 2. The van der Waals surface area contributed by atoms with E-state index in [1.807, 2.05) is 0 Å². The molecule has 0 saturated carbocycles. The van der Waals surface area contributed by atoms with Crippen molar-refractivity contribution in [2.75, 3.05) is 26.8 Å². The normalized spacial score (nSPS) is 18.8. The fourth-order valence-electron chi connectivity index (χ4n) is 1.83. The van der Waals surface area contributed by atoms with E-state index in [2.05, 4.69) is 9.72 Å². The van der Waals surface area contributed by atoms with Crippen molar-refractivity contribution in [3.05, 3.63) is 28.0 Å². The van der Waals surface area contributed by atoms with Crippen molar-refractivity contribution in [1.29, 1.82) is 0 Å². The molecule has 8 heteroatoms. The number of rotatable bonds is 2. The Morgan fingerprint density at radius 3 is 2.90 bits per heavy atom. The minimum atomic E-state index is -0.796. The third-order valence-electron chi connectivity index (χ3n) is 2.83. The minimum Gasteiger partial charge on any atom is -0.467 e. The average molecular weight is 319 g/mol. The number of hydrogen-bond donors (Lipinski definition) is 0. The number of amides is 1. The van der Waals surface area contributed by atoms with E-state index in [9.17, 15) is 9.59 Å². The molecule has 1 unspecified atom stereocenters. The number of methoxy groups -OCH3 is 1. The first-order valence-electron chi connectivity index (χ1n) is 5.83. The minimum absolute atomic E-state index is 0.0599. The number of hydrogen-bond acceptors (Lipinski definition) is 5. The molecule has 1 amide bonds. The van der Waals surface area contributed by atoms with E-state index in [4.69, 9.17) is 27.9 Å². The van der Waals surface area contributed by atoms with Crippen LogP contribution in [-0.4, -0.2) is 54.7 Å². The van der Waals surface area contributed by atoms with Crippen molar-refractivity contribution in [2.45, 2.75) is 6.10 Å². The molecule has 1 saturated heterocycles. The summed E-state index contributed by atoms with van der Waals surface area (Å²) in [4.78, 5) is 29.1. The van der Waals surface area contributed by atoms with Crippen molar-refractivity contribution in [3.63, 3.8) is 0 Å². The smallest absolute Gasteiger partial charge is 0.336 e. The summed E-state index contributed by atoms with van der Waals surface area (Å²) in [5, 5.41) is 0.385. The van der Waals surface area contributed by atoms with Gasteiger partial charge in [-0.15, -0.1) is 0 Å². The lowest BCUT2D eigenvalue weighted by atomic mass is 10.2. The molecule has 0 spiro atoms. The van der Waals surface area contributed by atoms with E-state index >= 15 is 0 Å². The highest BCUT2D eigenvalue weighted by atomic mass is 35.5. The Morgan fingerprint density at radius 2 is 2.20 bits per heavy atom. The number of nitrogens with zero attached hydrogens (tertiary/aromatic N) is 2. The molecule has 2 rings (SSSR count). The SMILES string of the molecule is COC(=O)C1CN(C(=O)c2nc(Cl)ccc2Cl)CCO1. The van der Waals surface area contributed by atoms with Crippen molar-refractivity contribution in [1.82, 2.24) is 9.88 Å². The summed E-state index contributed by atoms with van der Waals surface area (Å²) in [6.07, 6.45) is -0.796. The fourth-order valence-corrected chi connectivity index (χ4v) is 2.16. The number of pyridine rings is 1. The summed E-state index contributed by atoms with van der Waals surface area (Å²) in [6.45, 7) is 0.677. The molecule has 1 aromatic rings. The van der Waals surface area contributed by atoms with Crippen LogP contribution in [-0.2, 0) is 14.3 Å². The first-order valence-corrected chi connectivity index (χ1v) is 6.59. The second kappa shape index (κ2) is 6.39. The molecular weight excluding hydrogens is 307 g/mol. The Labute approximate surface area is 125 Å². The lowest BCUT2D eigenvalue weighted by molar-refractivity contribution is -0.158. The number of esters is 1. The topological polar surface area (TPSA) is 68.7 Å². The lowest BCUT2D eigenvalue weighted by Gasteiger charge is -2.31. The van der Waals surface area contributed by atoms with Crippen molar-refractivity contribution < 1.29 is 19.1 Å². The molecule has 1 aliphatic heterocycles. The van der Waals surface area contributed by atoms with Crippen LogP contribution in [0.25, 0.3) is 0 Å². The molecule has 1 fully saturated rings. The second-order valence-electron chi connectivity index (χ2n) is 4.10. The van der Waals surface area contributed by atoms with E-state index in [0.29, 0.717) is 6.54 Å². The van der Waals surface area contributed by atoms with Crippen LogP contribution in [0.4, 0.5) is 0 Å². The summed E-state index contributed by atoms with van der Waals surface area (Å²) < 4.78 is 9.85. The highest BCUT2D eigenvalue weighted by molar-refractivity contribution is 6.34. The molecule has 20 heavy (non-hydrogen) atoms. The summed E-state index contributed by atoms with van der Waals surface area (Å²) in [5.41, 5.74) is 0.0599. The zero-order chi connectivity index (χ0) is 14.7. The zero-order valence-electron chi connectivity index (χ0n) is 10.6. The van der Waals surface area contributed by atoms with E-state index in [0.717, 1.165) is 0 Å². The van der Waals surface area contributed by atoms with E-state index < -0.39 is 18.0 Å². The molecule has 0 N–H and O–H groups in total. The maximum Gasteiger partial charge on any atom is 0.336 e. The van der Waals surface area contributed by atoms with Gasteiger partial charge in [0.05, 0.1) is 25.3 Å². The number of ether oxygens (including phenoxy) is 2. The number of morpholine rings is 1. The Morgan fingerprint density at radius 1 is 1.45 bits per heavy atom. The highest BCUT2D eigenvalue weighted by Crippen LogP contribution is 2.20. The highest BCUT2D eigenvalue weighted by Gasteiger charge is 2.31. The molecule has 1 atom stereocenters. The Hall–Kier alpha value is -1.37. The van der Waals surface area contributed by atoms with Gasteiger partial charge < -0.3 is 14.4 Å². The van der Waals surface area contributed by atoms with Crippen molar-refractivity contribution in [3.8, 4) is 0 Å². The van der Waals surface area contributed by atoms with Crippen LogP contribution in [0.5, 0.6) is 0 Å². The van der Waals surface area contributed by atoms with Gasteiger partial charge >= 0.3 is 5.97 Å². The molecule has 2 heterocycles. The van der Waals surface area contributed by atoms with Crippen LogP contribution < -0.4 is 0 Å². The standard InChI is InChI=1S/C12H12Cl2N2O4/c1-19-12(18)8-6-16(4-5-20-8)11(17)10-7(13)2-3-9(14)15-10/h2-3,8H,4-6H2,1H3. The molecule has 0 radical (unpaired) electrons. The molecule has 0 aliphatic carbocycles. The van der Waals surface area contributed by atoms with Crippen LogP contribution in [0, 0.1) is 0 Å². The predicted octanol–water partition coefficient (Wildman–Crippen LogP) is 1.40. The van der Waals surface area contributed by atoms with Crippen molar-refractivity contribution in [2.24, 2.45) is 0 Å². The van der Waals surface area contributed by atoms with Gasteiger partial charge in [-0.1, -0.05) is 23.2 Å². The van der Waals surface area contributed by atoms with Gasteiger partial charge in [0, 0.05) is 6.54 Å². The van der Waals surface area contributed by atoms with Crippen LogP contribution in [0.3, 0.4) is 0 Å². The van der Waals surface area contributed by atoms with Gasteiger partial charge in [0.2, 0.25) is 0 Å². The van der Waals surface area contributed by atoms with Gasteiger partial charge in [-0.05, 0) is 12.1 Å². The second-order valence-corrected chi connectivity index (χ2v) is 4.89. The first kappa shape index (κ1) is 15.0. The van der Waals surface area contributed by atoms with Gasteiger partial charge in [-0.25, -0.2) is 9.78 Å². The van der Waals surface area contributed by atoms with E-state index in [1.54, 1.807) is 0 Å². The third kappa shape index (κ3) is 3.20. The van der Waals surface area contributed by atoms with Gasteiger partial charge in [-0.3, -0.25) is 4.79 Å². The number of carbonyl (C=O) groups excluding carboxylic acids is 2. The van der Waals surface area contributed by atoms with Crippen LogP contribution in [0.2, 0.25) is 10.2 Å². The molecule has 1 aliphatic rings. The summed E-state index contributed by atoms with van der Waals surface area (Å²) >= 11 is 11.7. The van der Waals surface area contributed by atoms with Crippen LogP contribution in [0.1, 0.15) is 10.5 Å². The number of halogens is 2. The summed E-state index contributed by atoms with van der Waals surface area (Å²) in [5.74, 6) is -0.914. The summed E-state index contributed by atoms with van der Waals surface area (Å²) in [6, 6.07) is 3.00. The third-order valence-corrected chi connectivity index (χ3v) is 3.35. The van der Waals surface area contributed by atoms with Gasteiger partial charge in [0.15, 0.2) is 6.10 Å². The van der Waals surface area contributed by atoms with Crippen molar-refractivity contribution >= 4 is 35.1 Å². The summed E-state index contributed by atoms with van der Waals surface area (Å²) in [7, 11) is 1.27. The van der Waals surface area contributed by atoms with Gasteiger partial charge in [0.25, 0.3) is 5.91 Å². The molecule has 0 bridgehead atoms. The fraction of sp³-hybridized carbons (Fsp3) is 0.417. The molecule has 108 valence electrons. The first-order chi connectivity index (χ1) is 9.52. The molecule has 6 nitrogen and oxygen atoms in total. The maximum atomic E-state index is 12.3. The monoisotopic (exact) mass is 318 g/mol. The quantitative estimate of drug-likeness (QED) is 0.609. The Balaban J connectivity index is 2.16. The molecule has 0 aromatic carbocycles.